The largest absolute Gasteiger partial charge is 0.483 e. The van der Waals surface area contributed by atoms with Crippen molar-refractivity contribution in [2.24, 2.45) is 0 Å². The Bertz CT molecular complexity index is 788. The quantitative estimate of drug-likeness (QED) is 0.768. The highest BCUT2D eigenvalue weighted by atomic mass is 19.1. The minimum Gasteiger partial charge on any atom is -0.483 e. The van der Waals surface area contributed by atoms with Gasteiger partial charge in [-0.15, -0.1) is 0 Å². The fraction of sp³-hybridized carbons (Fsp3) is 0.652. The number of nitriles is 1. The molecule has 2 atom stereocenters. The van der Waals surface area contributed by atoms with Gasteiger partial charge in [0.05, 0.1) is 24.8 Å². The molecule has 5 rings (SSSR count). The highest BCUT2D eigenvalue weighted by molar-refractivity contribution is 5.78. The minimum atomic E-state index is -0.253. The third kappa shape index (κ3) is 4.60. The summed E-state index contributed by atoms with van der Waals surface area (Å²) in [5.41, 5.74) is 0.606. The second kappa shape index (κ2) is 9.76. The molecule has 1 aliphatic carbocycles. The smallest absolute Gasteiger partial charge is 0.260 e. The summed E-state index contributed by atoms with van der Waals surface area (Å²) < 4.78 is 26.8. The molecule has 0 spiro atoms. The Balaban J connectivity index is 1.58. The number of piperidine rings is 1. The van der Waals surface area contributed by atoms with Crippen molar-refractivity contribution < 1.29 is 18.7 Å². The predicted octanol–water partition coefficient (Wildman–Crippen LogP) is 3.12. The monoisotopic (exact) mass is 415 g/mol. The number of benzene rings is 1. The van der Waals surface area contributed by atoms with Crippen LogP contribution in [-0.4, -0.2) is 55.3 Å². The van der Waals surface area contributed by atoms with E-state index < -0.39 is 0 Å². The van der Waals surface area contributed by atoms with Gasteiger partial charge in [0, 0.05) is 31.1 Å². The van der Waals surface area contributed by atoms with Gasteiger partial charge in [0.15, 0.2) is 6.61 Å². The van der Waals surface area contributed by atoms with E-state index in [-0.39, 0.29) is 42.4 Å². The standard InChI is InChI=1S/C23H30FN3O3/c24-18-4-1-6-21-23(18)16-7-9-17(10-8-16)29-14-20-19(26-12-3-11-25)5-2-13-27(20)22(28)15-30-21/h1,4,6,16-17,19-20,26H,2-3,5,7-10,12-15H2/t16?,17?,19-,20-/m0/s1. The van der Waals surface area contributed by atoms with Crippen molar-refractivity contribution >= 4 is 5.91 Å². The first-order chi connectivity index (χ1) is 14.7. The Kier molecular flexibility index (Phi) is 6.86. The van der Waals surface area contributed by atoms with Crippen molar-refractivity contribution in [1.82, 2.24) is 10.2 Å². The summed E-state index contributed by atoms with van der Waals surface area (Å²) in [6, 6.07) is 7.07. The van der Waals surface area contributed by atoms with Crippen LogP contribution in [0.2, 0.25) is 0 Å². The molecular formula is C23H30FN3O3. The van der Waals surface area contributed by atoms with Crippen molar-refractivity contribution in [1.29, 1.82) is 5.26 Å². The molecule has 1 saturated heterocycles. The lowest BCUT2D eigenvalue weighted by Crippen LogP contribution is -2.59. The van der Waals surface area contributed by atoms with Gasteiger partial charge in [0.2, 0.25) is 0 Å². The van der Waals surface area contributed by atoms with Crippen LogP contribution >= 0.6 is 0 Å². The van der Waals surface area contributed by atoms with Gasteiger partial charge in [0.1, 0.15) is 11.6 Å². The van der Waals surface area contributed by atoms with Gasteiger partial charge in [-0.05, 0) is 56.6 Å². The Morgan fingerprint density at radius 2 is 2.07 bits per heavy atom. The van der Waals surface area contributed by atoms with Crippen LogP contribution < -0.4 is 10.1 Å². The lowest BCUT2D eigenvalue weighted by atomic mass is 9.82. The van der Waals surface area contributed by atoms with Crippen LogP contribution in [-0.2, 0) is 9.53 Å². The molecule has 6 nitrogen and oxygen atoms in total. The molecule has 2 fully saturated rings. The first-order valence-corrected chi connectivity index (χ1v) is 11.1. The van der Waals surface area contributed by atoms with Gasteiger partial charge in [-0.2, -0.15) is 5.26 Å². The van der Waals surface area contributed by atoms with Crippen molar-refractivity contribution in [3.63, 3.8) is 0 Å². The van der Waals surface area contributed by atoms with Crippen LogP contribution in [0.1, 0.15) is 56.4 Å². The Labute approximate surface area is 177 Å². The first kappa shape index (κ1) is 21.1. The highest BCUT2D eigenvalue weighted by Crippen LogP contribution is 2.40. The number of amides is 1. The Morgan fingerprint density at radius 3 is 2.87 bits per heavy atom. The number of nitrogens with one attached hydrogen (secondary N) is 1. The van der Waals surface area contributed by atoms with Gasteiger partial charge in [-0.1, -0.05) is 6.07 Å². The van der Waals surface area contributed by atoms with E-state index in [1.807, 2.05) is 4.90 Å². The zero-order valence-electron chi connectivity index (χ0n) is 17.3. The Morgan fingerprint density at radius 1 is 1.23 bits per heavy atom. The number of halogens is 1. The number of rotatable bonds is 3. The molecule has 0 aromatic heterocycles. The number of hydrogen-bond donors (Lipinski definition) is 1. The molecule has 30 heavy (non-hydrogen) atoms. The summed E-state index contributed by atoms with van der Waals surface area (Å²) in [5, 5.41) is 12.3. The van der Waals surface area contributed by atoms with Crippen molar-refractivity contribution in [3.05, 3.63) is 29.6 Å². The van der Waals surface area contributed by atoms with Crippen LogP contribution in [0.5, 0.6) is 5.75 Å². The van der Waals surface area contributed by atoms with Crippen molar-refractivity contribution in [3.8, 4) is 11.8 Å². The maximum atomic E-state index is 14.7. The van der Waals surface area contributed by atoms with E-state index >= 15 is 0 Å². The molecule has 3 heterocycles. The lowest BCUT2D eigenvalue weighted by molar-refractivity contribution is -0.140. The molecule has 1 saturated carbocycles. The van der Waals surface area contributed by atoms with Crippen molar-refractivity contribution in [2.45, 2.75) is 69.1 Å². The van der Waals surface area contributed by atoms with Crippen molar-refractivity contribution in [2.75, 3.05) is 26.3 Å². The van der Waals surface area contributed by atoms with Crippen LogP contribution in [0, 0.1) is 17.1 Å². The molecule has 4 aliphatic rings. The molecule has 7 heteroatoms. The molecule has 0 radical (unpaired) electrons. The maximum absolute atomic E-state index is 14.7. The molecule has 2 bridgehead atoms. The van der Waals surface area contributed by atoms with E-state index in [9.17, 15) is 9.18 Å². The lowest BCUT2D eigenvalue weighted by Gasteiger charge is -2.42. The van der Waals surface area contributed by atoms with E-state index in [0.29, 0.717) is 37.4 Å². The number of nitrogens with zero attached hydrogens (tertiary/aromatic N) is 2. The second-order valence-corrected chi connectivity index (χ2v) is 8.51. The average Bonchev–Trinajstić information content (AvgIpc) is 2.78. The third-order valence-corrected chi connectivity index (χ3v) is 6.69. The van der Waals surface area contributed by atoms with Crippen LogP contribution in [0.3, 0.4) is 0 Å². The zero-order valence-corrected chi connectivity index (χ0v) is 17.3. The van der Waals surface area contributed by atoms with Gasteiger partial charge in [-0.3, -0.25) is 4.79 Å². The summed E-state index contributed by atoms with van der Waals surface area (Å²) in [5.74, 6) is 0.234. The van der Waals surface area contributed by atoms with E-state index in [1.54, 1.807) is 12.1 Å². The molecule has 1 aromatic carbocycles. The average molecular weight is 416 g/mol. The number of hydrogen-bond acceptors (Lipinski definition) is 5. The van der Waals surface area contributed by atoms with E-state index in [4.69, 9.17) is 14.7 Å². The summed E-state index contributed by atoms with van der Waals surface area (Å²) >= 11 is 0. The van der Waals surface area contributed by atoms with E-state index in [0.717, 1.165) is 38.5 Å². The van der Waals surface area contributed by atoms with Gasteiger partial charge >= 0.3 is 0 Å². The molecule has 3 aliphatic heterocycles. The third-order valence-electron chi connectivity index (χ3n) is 6.69. The number of carbonyl (C=O) groups excluding carboxylic acids is 1. The van der Waals surface area contributed by atoms with Crippen LogP contribution in [0.4, 0.5) is 4.39 Å². The maximum Gasteiger partial charge on any atom is 0.260 e. The summed E-state index contributed by atoms with van der Waals surface area (Å²) in [6.07, 6.45) is 5.89. The van der Waals surface area contributed by atoms with Crippen LogP contribution in [0.25, 0.3) is 0 Å². The summed E-state index contributed by atoms with van der Waals surface area (Å²) in [4.78, 5) is 14.9. The first-order valence-electron chi connectivity index (χ1n) is 11.1. The SMILES string of the molecule is N#CCCN[C@H]1CCCN2C(=O)COc3cccc(F)c3C3CCC(CC3)OC[C@@H]12. The molecule has 162 valence electrons. The highest BCUT2D eigenvalue weighted by Gasteiger charge is 2.36. The van der Waals surface area contributed by atoms with Crippen LogP contribution in [0.15, 0.2) is 18.2 Å². The normalized spacial score (nSPS) is 29.5. The molecule has 1 aromatic rings. The van der Waals surface area contributed by atoms with Gasteiger partial charge in [0.25, 0.3) is 5.91 Å². The van der Waals surface area contributed by atoms with Gasteiger partial charge < -0.3 is 19.7 Å². The fourth-order valence-corrected chi connectivity index (χ4v) is 5.14. The molecule has 1 N–H and O–H groups in total. The molecule has 0 unspecified atom stereocenters. The van der Waals surface area contributed by atoms with E-state index in [1.165, 1.54) is 6.07 Å². The number of fused-ring (bicyclic) bond motifs is 5. The fourth-order valence-electron chi connectivity index (χ4n) is 5.14. The molecule has 1 amide bonds. The zero-order chi connectivity index (χ0) is 20.9. The summed E-state index contributed by atoms with van der Waals surface area (Å²) in [7, 11) is 0. The number of carbonyl (C=O) groups is 1. The molecular weight excluding hydrogens is 385 g/mol. The van der Waals surface area contributed by atoms with Gasteiger partial charge in [-0.25, -0.2) is 4.39 Å². The summed E-state index contributed by atoms with van der Waals surface area (Å²) in [6.45, 7) is 1.64. The topological polar surface area (TPSA) is 74.6 Å². The minimum absolute atomic E-state index is 0.0843. The van der Waals surface area contributed by atoms with E-state index in [2.05, 4.69) is 11.4 Å². The Hall–Kier alpha value is -2.17. The second-order valence-electron chi connectivity index (χ2n) is 8.51. The predicted molar refractivity (Wildman–Crippen MR) is 110 cm³/mol. The number of ether oxygens (including phenoxy) is 2.